The molecule has 100 valence electrons. The molecule has 0 heterocycles. The Morgan fingerprint density at radius 2 is 1.88 bits per heavy atom. The van der Waals surface area contributed by atoms with Gasteiger partial charge in [-0.25, -0.2) is 0 Å². The van der Waals surface area contributed by atoms with Gasteiger partial charge in [0.15, 0.2) is 5.96 Å². The van der Waals surface area contributed by atoms with Crippen LogP contribution in [0.15, 0.2) is 4.99 Å². The zero-order valence-electron chi connectivity index (χ0n) is 11.9. The van der Waals surface area contributed by atoms with Crippen LogP contribution in [0.25, 0.3) is 0 Å². The first-order valence-electron chi connectivity index (χ1n) is 7.16. The third kappa shape index (κ3) is 5.94. The van der Waals surface area contributed by atoms with Crippen LogP contribution in [-0.2, 0) is 0 Å². The second-order valence-electron chi connectivity index (χ2n) is 5.64. The van der Waals surface area contributed by atoms with Gasteiger partial charge in [-0.2, -0.15) is 0 Å². The molecule has 0 spiro atoms. The van der Waals surface area contributed by atoms with Crippen LogP contribution >= 0.6 is 0 Å². The Morgan fingerprint density at radius 1 is 1.24 bits per heavy atom. The second-order valence-corrected chi connectivity index (χ2v) is 5.64. The summed E-state index contributed by atoms with van der Waals surface area (Å²) >= 11 is 0. The van der Waals surface area contributed by atoms with Gasteiger partial charge in [-0.15, -0.1) is 0 Å². The molecule has 0 aromatic carbocycles. The lowest BCUT2D eigenvalue weighted by atomic mass is 9.83. The predicted octanol–water partition coefficient (Wildman–Crippen LogP) is 2.78. The molecule has 0 bridgehead atoms. The molecule has 1 rings (SSSR count). The van der Waals surface area contributed by atoms with E-state index < -0.39 is 0 Å². The molecule has 1 saturated carbocycles. The largest absolute Gasteiger partial charge is 0.357 e. The molecule has 0 amide bonds. The Kier molecular flexibility index (Phi) is 6.38. The molecule has 0 radical (unpaired) electrons. The molecule has 1 fully saturated rings. The first-order valence-corrected chi connectivity index (χ1v) is 7.16. The van der Waals surface area contributed by atoms with Crippen molar-refractivity contribution in [3.63, 3.8) is 0 Å². The molecule has 1 aliphatic rings. The van der Waals surface area contributed by atoms with E-state index in [1.807, 2.05) is 0 Å². The van der Waals surface area contributed by atoms with Gasteiger partial charge in [-0.05, 0) is 45.4 Å². The Hall–Kier alpha value is -0.730. The van der Waals surface area contributed by atoms with Crippen LogP contribution in [0.1, 0.15) is 53.4 Å². The van der Waals surface area contributed by atoms with E-state index in [2.05, 4.69) is 38.3 Å². The van der Waals surface area contributed by atoms with Crippen LogP contribution in [0.3, 0.4) is 0 Å². The highest BCUT2D eigenvalue weighted by molar-refractivity contribution is 5.79. The zero-order chi connectivity index (χ0) is 12.7. The summed E-state index contributed by atoms with van der Waals surface area (Å²) in [7, 11) is 0. The van der Waals surface area contributed by atoms with Crippen molar-refractivity contribution in [3.05, 3.63) is 0 Å². The molecule has 2 N–H and O–H groups in total. The van der Waals surface area contributed by atoms with Crippen LogP contribution < -0.4 is 10.6 Å². The molecule has 0 aliphatic heterocycles. The summed E-state index contributed by atoms with van der Waals surface area (Å²) in [5, 5.41) is 6.67. The number of hydrogen-bond acceptors (Lipinski definition) is 1. The van der Waals surface area contributed by atoms with Crippen LogP contribution in [0.4, 0.5) is 0 Å². The van der Waals surface area contributed by atoms with Crippen molar-refractivity contribution in [3.8, 4) is 0 Å². The minimum absolute atomic E-state index is 0.444. The topological polar surface area (TPSA) is 36.4 Å². The Morgan fingerprint density at radius 3 is 2.41 bits per heavy atom. The maximum Gasteiger partial charge on any atom is 0.191 e. The molecular formula is C14H29N3. The van der Waals surface area contributed by atoms with E-state index in [0.29, 0.717) is 6.04 Å². The van der Waals surface area contributed by atoms with E-state index in [1.165, 1.54) is 25.7 Å². The zero-order valence-corrected chi connectivity index (χ0v) is 11.9. The highest BCUT2D eigenvalue weighted by atomic mass is 15.2. The molecule has 0 atom stereocenters. The summed E-state index contributed by atoms with van der Waals surface area (Å²) < 4.78 is 0. The molecule has 0 aromatic heterocycles. The van der Waals surface area contributed by atoms with Crippen LogP contribution in [0.5, 0.6) is 0 Å². The molecular weight excluding hydrogens is 210 g/mol. The van der Waals surface area contributed by atoms with Gasteiger partial charge in [-0.1, -0.05) is 19.8 Å². The molecule has 3 heteroatoms. The number of nitrogens with one attached hydrogen (secondary N) is 2. The number of guanidine groups is 1. The van der Waals surface area contributed by atoms with Gasteiger partial charge in [0, 0.05) is 19.1 Å². The summed E-state index contributed by atoms with van der Waals surface area (Å²) in [5.74, 6) is 2.70. The van der Waals surface area contributed by atoms with Crippen molar-refractivity contribution < 1.29 is 0 Å². The van der Waals surface area contributed by atoms with Crippen molar-refractivity contribution in [1.82, 2.24) is 10.6 Å². The van der Waals surface area contributed by atoms with Crippen molar-refractivity contribution in [2.75, 3.05) is 13.1 Å². The summed E-state index contributed by atoms with van der Waals surface area (Å²) in [4.78, 5) is 4.70. The van der Waals surface area contributed by atoms with E-state index in [0.717, 1.165) is 30.9 Å². The number of hydrogen-bond donors (Lipinski definition) is 2. The molecule has 0 aromatic rings. The smallest absolute Gasteiger partial charge is 0.191 e. The summed E-state index contributed by atoms with van der Waals surface area (Å²) in [6, 6.07) is 0.444. The van der Waals surface area contributed by atoms with Gasteiger partial charge in [-0.3, -0.25) is 4.99 Å². The van der Waals surface area contributed by atoms with Crippen LogP contribution in [0.2, 0.25) is 0 Å². The van der Waals surface area contributed by atoms with Gasteiger partial charge < -0.3 is 10.6 Å². The fraction of sp³-hybridized carbons (Fsp3) is 0.929. The maximum atomic E-state index is 4.70. The van der Waals surface area contributed by atoms with Gasteiger partial charge in [0.1, 0.15) is 0 Å². The second kappa shape index (κ2) is 7.57. The van der Waals surface area contributed by atoms with Crippen molar-refractivity contribution >= 4 is 5.96 Å². The lowest BCUT2D eigenvalue weighted by Crippen LogP contribution is -2.41. The van der Waals surface area contributed by atoms with Crippen molar-refractivity contribution in [2.45, 2.75) is 59.4 Å². The first-order chi connectivity index (χ1) is 8.11. The molecule has 1 aliphatic carbocycles. The summed E-state index contributed by atoms with van der Waals surface area (Å²) in [6.07, 6.45) is 5.47. The van der Waals surface area contributed by atoms with Crippen molar-refractivity contribution in [1.29, 1.82) is 0 Å². The number of aliphatic imine (C=N–C) groups is 1. The van der Waals surface area contributed by atoms with Gasteiger partial charge in [0.05, 0.1) is 0 Å². The number of nitrogens with zero attached hydrogens (tertiary/aromatic N) is 1. The Labute approximate surface area is 106 Å². The average molecular weight is 239 g/mol. The Bertz CT molecular complexity index is 228. The normalized spacial score (nSPS) is 26.1. The summed E-state index contributed by atoms with van der Waals surface area (Å²) in [5.41, 5.74) is 0. The quantitative estimate of drug-likeness (QED) is 0.584. The highest BCUT2D eigenvalue weighted by Gasteiger charge is 2.17. The lowest BCUT2D eigenvalue weighted by Gasteiger charge is -2.25. The molecule has 0 unspecified atom stereocenters. The third-order valence-corrected chi connectivity index (χ3v) is 3.41. The average Bonchev–Trinajstić information content (AvgIpc) is 2.27. The molecule has 3 nitrogen and oxygen atoms in total. The van der Waals surface area contributed by atoms with Gasteiger partial charge in [0.25, 0.3) is 0 Å². The van der Waals surface area contributed by atoms with Crippen LogP contribution in [-0.4, -0.2) is 25.1 Å². The minimum atomic E-state index is 0.444. The standard InChI is InChI=1S/C14H29N3/c1-5-15-14(17-11(2)3)16-10-13-8-6-12(4)7-9-13/h11-13H,5-10H2,1-4H3,(H2,15,16,17). The lowest BCUT2D eigenvalue weighted by molar-refractivity contribution is 0.296. The third-order valence-electron chi connectivity index (χ3n) is 3.41. The van der Waals surface area contributed by atoms with E-state index >= 15 is 0 Å². The van der Waals surface area contributed by atoms with E-state index in [-0.39, 0.29) is 0 Å². The monoisotopic (exact) mass is 239 g/mol. The fourth-order valence-electron chi connectivity index (χ4n) is 2.33. The minimum Gasteiger partial charge on any atom is -0.357 e. The fourth-order valence-corrected chi connectivity index (χ4v) is 2.33. The number of rotatable bonds is 4. The van der Waals surface area contributed by atoms with Crippen LogP contribution in [0, 0.1) is 11.8 Å². The van der Waals surface area contributed by atoms with E-state index in [1.54, 1.807) is 0 Å². The maximum absolute atomic E-state index is 4.70. The van der Waals surface area contributed by atoms with E-state index in [4.69, 9.17) is 4.99 Å². The highest BCUT2D eigenvalue weighted by Crippen LogP contribution is 2.28. The molecule has 0 saturated heterocycles. The molecule has 17 heavy (non-hydrogen) atoms. The van der Waals surface area contributed by atoms with Gasteiger partial charge in [0.2, 0.25) is 0 Å². The van der Waals surface area contributed by atoms with E-state index in [9.17, 15) is 0 Å². The van der Waals surface area contributed by atoms with Gasteiger partial charge >= 0.3 is 0 Å². The predicted molar refractivity (Wildman–Crippen MR) is 75.4 cm³/mol. The summed E-state index contributed by atoms with van der Waals surface area (Å²) in [6.45, 7) is 10.7. The SMILES string of the molecule is CCNC(=NCC1CCC(C)CC1)NC(C)C. The first kappa shape index (κ1) is 14.3. The Balaban J connectivity index is 2.36. The van der Waals surface area contributed by atoms with Crippen molar-refractivity contribution in [2.24, 2.45) is 16.8 Å².